The van der Waals surface area contributed by atoms with Crippen LogP contribution in [0, 0.1) is 5.82 Å². The molecule has 0 radical (unpaired) electrons. The van der Waals surface area contributed by atoms with Crippen molar-refractivity contribution in [2.24, 2.45) is 0 Å². The van der Waals surface area contributed by atoms with E-state index in [1.807, 2.05) is 6.07 Å². The molecule has 0 fully saturated rings. The number of benzene rings is 1. The fourth-order valence-corrected chi connectivity index (χ4v) is 1.63. The van der Waals surface area contributed by atoms with Gasteiger partial charge in [-0.15, -0.1) is 0 Å². The van der Waals surface area contributed by atoms with E-state index in [2.05, 4.69) is 10.3 Å². The van der Waals surface area contributed by atoms with Crippen molar-refractivity contribution in [2.45, 2.75) is 0 Å². The SMILES string of the molecule is O=C(O)CNC(=O)c1ncc(-c2ccccc2)cc1F. The topological polar surface area (TPSA) is 79.3 Å². The highest BCUT2D eigenvalue weighted by atomic mass is 19.1. The molecule has 102 valence electrons. The Hall–Kier alpha value is -2.76. The molecule has 0 saturated heterocycles. The predicted octanol–water partition coefficient (Wildman–Crippen LogP) is 1.70. The number of nitrogens with zero attached hydrogens (tertiary/aromatic N) is 1. The molecule has 2 rings (SSSR count). The van der Waals surface area contributed by atoms with Crippen LogP contribution in [0.4, 0.5) is 4.39 Å². The second kappa shape index (κ2) is 5.92. The van der Waals surface area contributed by atoms with Crippen molar-refractivity contribution in [1.29, 1.82) is 0 Å². The number of rotatable bonds is 4. The Morgan fingerprint density at radius 3 is 2.50 bits per heavy atom. The number of carbonyl (C=O) groups excluding carboxylic acids is 1. The first-order valence-corrected chi connectivity index (χ1v) is 5.79. The van der Waals surface area contributed by atoms with Gasteiger partial charge in [0, 0.05) is 11.8 Å². The van der Waals surface area contributed by atoms with Crippen LogP contribution < -0.4 is 5.32 Å². The summed E-state index contributed by atoms with van der Waals surface area (Å²) in [6.45, 7) is -0.583. The predicted molar refractivity (Wildman–Crippen MR) is 69.6 cm³/mol. The molecule has 0 aliphatic heterocycles. The Labute approximate surface area is 114 Å². The van der Waals surface area contributed by atoms with Crippen LogP contribution >= 0.6 is 0 Å². The number of carbonyl (C=O) groups is 2. The molecule has 20 heavy (non-hydrogen) atoms. The largest absolute Gasteiger partial charge is 0.480 e. The highest BCUT2D eigenvalue weighted by molar-refractivity contribution is 5.94. The second-order valence-corrected chi connectivity index (χ2v) is 4.00. The lowest BCUT2D eigenvalue weighted by atomic mass is 10.1. The van der Waals surface area contributed by atoms with Crippen LogP contribution in [0.5, 0.6) is 0 Å². The summed E-state index contributed by atoms with van der Waals surface area (Å²) in [4.78, 5) is 25.6. The fraction of sp³-hybridized carbons (Fsp3) is 0.0714. The van der Waals surface area contributed by atoms with E-state index in [1.165, 1.54) is 12.3 Å². The number of nitrogens with one attached hydrogen (secondary N) is 1. The summed E-state index contributed by atoms with van der Waals surface area (Å²) >= 11 is 0. The third kappa shape index (κ3) is 3.17. The van der Waals surface area contributed by atoms with Gasteiger partial charge in [-0.25, -0.2) is 9.37 Å². The molecule has 0 bridgehead atoms. The number of halogens is 1. The number of aromatic nitrogens is 1. The minimum Gasteiger partial charge on any atom is -0.480 e. The molecule has 0 saturated carbocycles. The van der Waals surface area contributed by atoms with Crippen LogP contribution in [0.2, 0.25) is 0 Å². The van der Waals surface area contributed by atoms with Crippen molar-refractivity contribution in [1.82, 2.24) is 10.3 Å². The monoisotopic (exact) mass is 274 g/mol. The highest BCUT2D eigenvalue weighted by Gasteiger charge is 2.15. The van der Waals surface area contributed by atoms with E-state index < -0.39 is 29.9 Å². The van der Waals surface area contributed by atoms with E-state index in [0.717, 1.165) is 5.56 Å². The summed E-state index contributed by atoms with van der Waals surface area (Å²) in [6, 6.07) is 10.2. The van der Waals surface area contributed by atoms with E-state index in [0.29, 0.717) is 5.56 Å². The number of carboxylic acid groups (broad SMARTS) is 1. The van der Waals surface area contributed by atoms with Crippen LogP contribution in [0.25, 0.3) is 11.1 Å². The van der Waals surface area contributed by atoms with Crippen molar-refractivity contribution in [3.63, 3.8) is 0 Å². The summed E-state index contributed by atoms with van der Waals surface area (Å²) < 4.78 is 13.8. The summed E-state index contributed by atoms with van der Waals surface area (Å²) in [5.41, 5.74) is 0.889. The second-order valence-electron chi connectivity index (χ2n) is 4.00. The Kier molecular flexibility index (Phi) is 4.05. The molecule has 1 aromatic heterocycles. The van der Waals surface area contributed by atoms with Crippen LogP contribution in [0.1, 0.15) is 10.5 Å². The molecule has 6 heteroatoms. The number of amides is 1. The van der Waals surface area contributed by atoms with Crippen LogP contribution in [-0.2, 0) is 4.79 Å². The zero-order valence-corrected chi connectivity index (χ0v) is 10.3. The summed E-state index contributed by atoms with van der Waals surface area (Å²) in [5, 5.41) is 10.5. The number of aliphatic carboxylic acids is 1. The standard InChI is InChI=1S/C14H11FN2O3/c15-11-6-10(9-4-2-1-3-5-9)7-16-13(11)14(20)17-8-12(18)19/h1-7H,8H2,(H,17,20)(H,18,19). The lowest BCUT2D eigenvalue weighted by Gasteiger charge is -2.05. The average molecular weight is 274 g/mol. The van der Waals surface area contributed by atoms with E-state index in [9.17, 15) is 14.0 Å². The van der Waals surface area contributed by atoms with Crippen LogP contribution in [0.15, 0.2) is 42.6 Å². The maximum atomic E-state index is 13.8. The lowest BCUT2D eigenvalue weighted by Crippen LogP contribution is -2.30. The molecule has 5 nitrogen and oxygen atoms in total. The van der Waals surface area contributed by atoms with Gasteiger partial charge in [0.2, 0.25) is 0 Å². The third-order valence-electron chi connectivity index (χ3n) is 2.56. The number of pyridine rings is 1. The molecule has 0 atom stereocenters. The first kappa shape index (κ1) is 13.7. The minimum absolute atomic E-state index is 0.425. The van der Waals surface area contributed by atoms with Crippen molar-refractivity contribution in [2.75, 3.05) is 6.54 Å². The minimum atomic E-state index is -1.21. The summed E-state index contributed by atoms with van der Waals surface area (Å²) in [7, 11) is 0. The van der Waals surface area contributed by atoms with Gasteiger partial charge in [0.1, 0.15) is 6.54 Å². The molecule has 0 unspecified atom stereocenters. The third-order valence-corrected chi connectivity index (χ3v) is 2.56. The summed E-state index contributed by atoms with van der Waals surface area (Å²) in [5.74, 6) is -2.86. The van der Waals surface area contributed by atoms with Crippen LogP contribution in [-0.4, -0.2) is 28.5 Å². The lowest BCUT2D eigenvalue weighted by molar-refractivity contribution is -0.135. The van der Waals surface area contributed by atoms with Crippen LogP contribution in [0.3, 0.4) is 0 Å². The van der Waals surface area contributed by atoms with Gasteiger partial charge in [0.15, 0.2) is 11.5 Å². The van der Waals surface area contributed by atoms with Crippen molar-refractivity contribution in [3.05, 3.63) is 54.1 Å². The zero-order chi connectivity index (χ0) is 14.5. The Morgan fingerprint density at radius 2 is 1.90 bits per heavy atom. The van der Waals surface area contributed by atoms with Gasteiger partial charge in [-0.05, 0) is 11.6 Å². The van der Waals surface area contributed by atoms with Gasteiger partial charge in [0.25, 0.3) is 5.91 Å². The van der Waals surface area contributed by atoms with Crippen molar-refractivity contribution >= 4 is 11.9 Å². The van der Waals surface area contributed by atoms with Gasteiger partial charge >= 0.3 is 5.97 Å². The van der Waals surface area contributed by atoms with Gasteiger partial charge < -0.3 is 10.4 Å². The molecule has 2 aromatic rings. The van der Waals surface area contributed by atoms with Gasteiger partial charge in [-0.1, -0.05) is 30.3 Å². The van der Waals surface area contributed by atoms with Gasteiger partial charge in [0.05, 0.1) is 0 Å². The molecule has 0 spiro atoms. The van der Waals surface area contributed by atoms with E-state index >= 15 is 0 Å². The fourth-order valence-electron chi connectivity index (χ4n) is 1.63. The number of hydrogen-bond acceptors (Lipinski definition) is 3. The number of carboxylic acids is 1. The highest BCUT2D eigenvalue weighted by Crippen LogP contribution is 2.19. The Balaban J connectivity index is 2.22. The maximum absolute atomic E-state index is 13.8. The first-order chi connectivity index (χ1) is 9.58. The Bertz CT molecular complexity index is 644. The zero-order valence-electron chi connectivity index (χ0n) is 10.3. The quantitative estimate of drug-likeness (QED) is 0.889. The average Bonchev–Trinajstić information content (AvgIpc) is 2.45. The molecule has 1 aromatic carbocycles. The van der Waals surface area contributed by atoms with Gasteiger partial charge in [-0.3, -0.25) is 9.59 Å². The van der Waals surface area contributed by atoms with E-state index in [1.54, 1.807) is 24.3 Å². The molecule has 0 aliphatic rings. The smallest absolute Gasteiger partial charge is 0.322 e. The molecular formula is C14H11FN2O3. The molecule has 1 heterocycles. The molecule has 1 amide bonds. The molecular weight excluding hydrogens is 263 g/mol. The maximum Gasteiger partial charge on any atom is 0.322 e. The first-order valence-electron chi connectivity index (χ1n) is 5.79. The summed E-state index contributed by atoms with van der Waals surface area (Å²) in [6.07, 6.45) is 1.37. The van der Waals surface area contributed by atoms with Gasteiger partial charge in [-0.2, -0.15) is 0 Å². The normalized spacial score (nSPS) is 10.1. The number of hydrogen-bond donors (Lipinski definition) is 2. The molecule has 0 aliphatic carbocycles. The van der Waals surface area contributed by atoms with Crippen molar-refractivity contribution in [3.8, 4) is 11.1 Å². The van der Waals surface area contributed by atoms with E-state index in [4.69, 9.17) is 5.11 Å². The molecule has 2 N–H and O–H groups in total. The van der Waals surface area contributed by atoms with Crippen molar-refractivity contribution < 1.29 is 19.1 Å². The van der Waals surface area contributed by atoms with E-state index in [-0.39, 0.29) is 0 Å². The Morgan fingerprint density at radius 1 is 1.20 bits per heavy atom.